The zero-order chi connectivity index (χ0) is 13.9. The van der Waals surface area contributed by atoms with Gasteiger partial charge in [0.25, 0.3) is 0 Å². The number of hydrogen-bond donors (Lipinski definition) is 1. The van der Waals surface area contributed by atoms with Crippen molar-refractivity contribution in [1.29, 1.82) is 0 Å². The predicted molar refractivity (Wildman–Crippen MR) is 80.9 cm³/mol. The van der Waals surface area contributed by atoms with E-state index in [1.807, 2.05) is 48.5 Å². The lowest BCUT2D eigenvalue weighted by molar-refractivity contribution is 0.573. The first-order valence-corrected chi connectivity index (χ1v) is 6.89. The molecule has 0 saturated heterocycles. The first-order chi connectivity index (χ1) is 9.72. The summed E-state index contributed by atoms with van der Waals surface area (Å²) in [6.45, 7) is 0.499. The molecular formula is C14H12BrN5. The van der Waals surface area contributed by atoms with Gasteiger partial charge in [0.1, 0.15) is 0 Å². The molecule has 0 amide bonds. The number of rotatable bonds is 3. The molecule has 3 aromatic rings. The zero-order valence-corrected chi connectivity index (χ0v) is 12.2. The Kier molecular flexibility index (Phi) is 3.47. The molecule has 1 heterocycles. The van der Waals surface area contributed by atoms with Crippen LogP contribution in [0.1, 0.15) is 5.56 Å². The molecule has 0 aliphatic carbocycles. The van der Waals surface area contributed by atoms with Gasteiger partial charge >= 0.3 is 0 Å². The Bertz CT molecular complexity index is 723. The summed E-state index contributed by atoms with van der Waals surface area (Å²) in [7, 11) is 0. The van der Waals surface area contributed by atoms with Gasteiger partial charge in [0.2, 0.25) is 5.82 Å². The molecule has 0 radical (unpaired) electrons. The van der Waals surface area contributed by atoms with Crippen LogP contribution in [0.25, 0.3) is 11.4 Å². The summed E-state index contributed by atoms with van der Waals surface area (Å²) in [5.74, 6) is 0.612. The maximum atomic E-state index is 5.97. The second kappa shape index (κ2) is 5.42. The number of nitrogens with two attached hydrogens (primary N) is 1. The van der Waals surface area contributed by atoms with Gasteiger partial charge in [-0.15, -0.1) is 10.2 Å². The number of nitrogens with zero attached hydrogens (tertiary/aromatic N) is 4. The second-order valence-electron chi connectivity index (χ2n) is 4.35. The van der Waals surface area contributed by atoms with Crippen LogP contribution in [0.4, 0.5) is 5.69 Å². The molecule has 0 spiro atoms. The summed E-state index contributed by atoms with van der Waals surface area (Å²) < 4.78 is 0.954. The van der Waals surface area contributed by atoms with Crippen molar-refractivity contribution in [1.82, 2.24) is 20.2 Å². The summed E-state index contributed by atoms with van der Waals surface area (Å²) in [6.07, 6.45) is 0. The Morgan fingerprint density at radius 3 is 2.65 bits per heavy atom. The van der Waals surface area contributed by atoms with Gasteiger partial charge in [-0.3, -0.25) is 0 Å². The molecule has 0 saturated carbocycles. The fourth-order valence-corrected chi connectivity index (χ4v) is 2.25. The third-order valence-electron chi connectivity index (χ3n) is 2.90. The van der Waals surface area contributed by atoms with Gasteiger partial charge in [-0.25, -0.2) is 0 Å². The van der Waals surface area contributed by atoms with Gasteiger partial charge in [0, 0.05) is 15.7 Å². The molecule has 0 atom stereocenters. The maximum absolute atomic E-state index is 5.97. The number of tetrazole rings is 1. The van der Waals surface area contributed by atoms with E-state index in [0.717, 1.165) is 15.6 Å². The number of hydrogen-bond acceptors (Lipinski definition) is 4. The molecule has 0 aliphatic heterocycles. The first-order valence-electron chi connectivity index (χ1n) is 6.09. The predicted octanol–water partition coefficient (Wildman–Crippen LogP) is 2.73. The summed E-state index contributed by atoms with van der Waals surface area (Å²) in [6, 6.07) is 15.5. The van der Waals surface area contributed by atoms with Gasteiger partial charge in [-0.05, 0) is 22.9 Å². The molecule has 100 valence electrons. The Balaban J connectivity index is 1.84. The zero-order valence-electron chi connectivity index (χ0n) is 10.6. The maximum Gasteiger partial charge on any atom is 0.204 e. The highest BCUT2D eigenvalue weighted by Crippen LogP contribution is 2.19. The van der Waals surface area contributed by atoms with Crippen LogP contribution < -0.4 is 5.73 Å². The molecule has 0 unspecified atom stereocenters. The van der Waals surface area contributed by atoms with E-state index in [4.69, 9.17) is 5.73 Å². The highest BCUT2D eigenvalue weighted by atomic mass is 79.9. The normalized spacial score (nSPS) is 10.7. The molecule has 1 aromatic heterocycles. The van der Waals surface area contributed by atoms with Crippen LogP contribution in [0.15, 0.2) is 53.0 Å². The Morgan fingerprint density at radius 2 is 1.90 bits per heavy atom. The Hall–Kier alpha value is -2.21. The standard InChI is InChI=1S/C14H12BrN5/c15-12-7-6-11(13(16)8-12)9-20-18-14(17-19-20)10-4-2-1-3-5-10/h1-8H,9,16H2. The van der Waals surface area contributed by atoms with E-state index in [1.54, 1.807) is 4.80 Å². The molecule has 3 rings (SSSR count). The number of aromatic nitrogens is 4. The van der Waals surface area contributed by atoms with E-state index in [-0.39, 0.29) is 0 Å². The van der Waals surface area contributed by atoms with Gasteiger partial charge in [0.05, 0.1) is 6.54 Å². The van der Waals surface area contributed by atoms with Crippen LogP contribution in [0.5, 0.6) is 0 Å². The molecular weight excluding hydrogens is 318 g/mol. The van der Waals surface area contributed by atoms with E-state index in [0.29, 0.717) is 18.1 Å². The fraction of sp³-hybridized carbons (Fsp3) is 0.0714. The third-order valence-corrected chi connectivity index (χ3v) is 3.40. The van der Waals surface area contributed by atoms with Crippen LogP contribution in [0.2, 0.25) is 0 Å². The van der Waals surface area contributed by atoms with Crippen molar-refractivity contribution >= 4 is 21.6 Å². The molecule has 0 aliphatic rings. The molecule has 20 heavy (non-hydrogen) atoms. The van der Waals surface area contributed by atoms with E-state index in [1.165, 1.54) is 0 Å². The number of benzene rings is 2. The number of nitrogen functional groups attached to an aromatic ring is 1. The summed E-state index contributed by atoms with van der Waals surface area (Å²) in [4.78, 5) is 1.54. The monoisotopic (exact) mass is 329 g/mol. The SMILES string of the molecule is Nc1cc(Br)ccc1Cn1nnc(-c2ccccc2)n1. The molecule has 6 heteroatoms. The van der Waals surface area contributed by atoms with Crippen LogP contribution in [-0.4, -0.2) is 20.2 Å². The topological polar surface area (TPSA) is 69.6 Å². The average molecular weight is 330 g/mol. The van der Waals surface area contributed by atoms with E-state index < -0.39 is 0 Å². The van der Waals surface area contributed by atoms with Crippen molar-refractivity contribution in [2.75, 3.05) is 5.73 Å². The van der Waals surface area contributed by atoms with Gasteiger partial charge in [-0.2, -0.15) is 4.80 Å². The fourth-order valence-electron chi connectivity index (χ4n) is 1.88. The van der Waals surface area contributed by atoms with Crippen LogP contribution >= 0.6 is 15.9 Å². The third kappa shape index (κ3) is 2.70. The second-order valence-corrected chi connectivity index (χ2v) is 5.27. The molecule has 5 nitrogen and oxygen atoms in total. The molecule has 2 aromatic carbocycles. The van der Waals surface area contributed by atoms with Gasteiger partial charge < -0.3 is 5.73 Å². The van der Waals surface area contributed by atoms with E-state index in [9.17, 15) is 0 Å². The minimum Gasteiger partial charge on any atom is -0.398 e. The highest BCUT2D eigenvalue weighted by Gasteiger charge is 2.07. The number of anilines is 1. The van der Waals surface area contributed by atoms with Crippen molar-refractivity contribution < 1.29 is 0 Å². The van der Waals surface area contributed by atoms with E-state index in [2.05, 4.69) is 31.3 Å². The van der Waals surface area contributed by atoms with Crippen molar-refractivity contribution in [3.8, 4) is 11.4 Å². The summed E-state index contributed by atoms with van der Waals surface area (Å²) >= 11 is 3.39. The number of halogens is 1. The van der Waals surface area contributed by atoms with Crippen molar-refractivity contribution in [2.24, 2.45) is 0 Å². The van der Waals surface area contributed by atoms with Crippen LogP contribution in [0, 0.1) is 0 Å². The highest BCUT2D eigenvalue weighted by molar-refractivity contribution is 9.10. The molecule has 2 N–H and O–H groups in total. The largest absolute Gasteiger partial charge is 0.398 e. The van der Waals surface area contributed by atoms with Gasteiger partial charge in [0.15, 0.2) is 0 Å². The quantitative estimate of drug-likeness (QED) is 0.750. The summed E-state index contributed by atoms with van der Waals surface area (Å²) in [5, 5.41) is 12.5. The summed E-state index contributed by atoms with van der Waals surface area (Å²) in [5.41, 5.74) is 8.58. The smallest absolute Gasteiger partial charge is 0.204 e. The first kappa shape index (κ1) is 12.8. The molecule has 0 fully saturated rings. The van der Waals surface area contributed by atoms with Crippen LogP contribution in [-0.2, 0) is 6.54 Å². The van der Waals surface area contributed by atoms with Crippen molar-refractivity contribution in [3.63, 3.8) is 0 Å². The Morgan fingerprint density at radius 1 is 1.10 bits per heavy atom. The van der Waals surface area contributed by atoms with E-state index >= 15 is 0 Å². The molecule has 0 bridgehead atoms. The van der Waals surface area contributed by atoms with Crippen molar-refractivity contribution in [3.05, 3.63) is 58.6 Å². The lowest BCUT2D eigenvalue weighted by Gasteiger charge is -2.04. The van der Waals surface area contributed by atoms with Crippen LogP contribution in [0.3, 0.4) is 0 Å². The lowest BCUT2D eigenvalue weighted by atomic mass is 10.2. The minimum atomic E-state index is 0.499. The average Bonchev–Trinajstić information content (AvgIpc) is 2.92. The lowest BCUT2D eigenvalue weighted by Crippen LogP contribution is -2.06. The van der Waals surface area contributed by atoms with Crippen molar-refractivity contribution in [2.45, 2.75) is 6.54 Å². The Labute approximate surface area is 124 Å². The minimum absolute atomic E-state index is 0.499. The van der Waals surface area contributed by atoms with Gasteiger partial charge in [-0.1, -0.05) is 52.3 Å².